The van der Waals surface area contributed by atoms with E-state index in [2.05, 4.69) is 34.1 Å². The SMILES string of the molecule is CC(C)N1CCC(NC2COCC2n2nc(-c3ccncc3)ccc2=O)CC1. The number of piperidine rings is 1. The lowest BCUT2D eigenvalue weighted by Gasteiger charge is -2.36. The van der Waals surface area contributed by atoms with Crippen LogP contribution in [0.2, 0.25) is 0 Å². The second-order valence-electron chi connectivity index (χ2n) is 8.02. The third kappa shape index (κ3) is 4.16. The Morgan fingerprint density at radius 2 is 1.86 bits per heavy atom. The van der Waals surface area contributed by atoms with Crippen molar-refractivity contribution in [1.29, 1.82) is 0 Å². The summed E-state index contributed by atoms with van der Waals surface area (Å²) in [6, 6.07) is 8.25. The fraction of sp³-hybridized carbons (Fsp3) is 0.571. The third-order valence-corrected chi connectivity index (χ3v) is 5.88. The van der Waals surface area contributed by atoms with Gasteiger partial charge in [-0.15, -0.1) is 0 Å². The van der Waals surface area contributed by atoms with Crippen LogP contribution in [0.1, 0.15) is 32.7 Å². The van der Waals surface area contributed by atoms with Crippen LogP contribution in [0.25, 0.3) is 11.3 Å². The summed E-state index contributed by atoms with van der Waals surface area (Å²) in [5.74, 6) is 0. The molecule has 7 heteroatoms. The van der Waals surface area contributed by atoms with E-state index >= 15 is 0 Å². The minimum Gasteiger partial charge on any atom is -0.377 e. The number of likely N-dealkylation sites (tertiary alicyclic amines) is 1. The van der Waals surface area contributed by atoms with Crippen molar-refractivity contribution in [1.82, 2.24) is 25.0 Å². The molecule has 2 aromatic heterocycles. The lowest BCUT2D eigenvalue weighted by molar-refractivity contribution is 0.149. The Labute approximate surface area is 165 Å². The predicted molar refractivity (Wildman–Crippen MR) is 108 cm³/mol. The van der Waals surface area contributed by atoms with E-state index in [0.717, 1.165) is 37.2 Å². The van der Waals surface area contributed by atoms with Gasteiger partial charge < -0.3 is 15.0 Å². The van der Waals surface area contributed by atoms with E-state index < -0.39 is 0 Å². The Hall–Kier alpha value is -2.09. The first kappa shape index (κ1) is 19.2. The van der Waals surface area contributed by atoms with Gasteiger partial charge in [0, 0.05) is 36.1 Å². The summed E-state index contributed by atoms with van der Waals surface area (Å²) in [7, 11) is 0. The van der Waals surface area contributed by atoms with Crippen molar-refractivity contribution >= 4 is 0 Å². The zero-order valence-corrected chi connectivity index (χ0v) is 16.6. The Morgan fingerprint density at radius 3 is 2.57 bits per heavy atom. The Kier molecular flexibility index (Phi) is 5.85. The molecule has 2 aliphatic heterocycles. The highest BCUT2D eigenvalue weighted by Crippen LogP contribution is 2.22. The molecule has 7 nitrogen and oxygen atoms in total. The lowest BCUT2D eigenvalue weighted by atomic mass is 10.0. The van der Waals surface area contributed by atoms with E-state index in [-0.39, 0.29) is 17.6 Å². The van der Waals surface area contributed by atoms with E-state index in [9.17, 15) is 4.79 Å². The van der Waals surface area contributed by atoms with Crippen molar-refractivity contribution in [2.45, 2.75) is 50.9 Å². The highest BCUT2D eigenvalue weighted by molar-refractivity contribution is 5.57. The molecule has 2 saturated heterocycles. The number of ether oxygens (including phenoxy) is 1. The average Bonchev–Trinajstić information content (AvgIpc) is 3.17. The van der Waals surface area contributed by atoms with Crippen LogP contribution in [0.3, 0.4) is 0 Å². The summed E-state index contributed by atoms with van der Waals surface area (Å²) in [5.41, 5.74) is 1.64. The molecule has 2 aliphatic rings. The summed E-state index contributed by atoms with van der Waals surface area (Å²) in [5, 5.41) is 8.40. The summed E-state index contributed by atoms with van der Waals surface area (Å²) >= 11 is 0. The molecule has 0 aliphatic carbocycles. The molecule has 0 radical (unpaired) electrons. The standard InChI is InChI=1S/C21H29N5O2/c1-15(2)25-11-7-17(8-12-25)23-19-13-28-14-20(19)26-21(27)4-3-18(24-26)16-5-9-22-10-6-16/h3-6,9-10,15,17,19-20,23H,7-8,11-14H2,1-2H3. The molecule has 28 heavy (non-hydrogen) atoms. The zero-order chi connectivity index (χ0) is 19.5. The number of rotatable bonds is 5. The van der Waals surface area contributed by atoms with Gasteiger partial charge in [0.25, 0.3) is 5.56 Å². The number of hydrogen-bond acceptors (Lipinski definition) is 6. The maximum atomic E-state index is 12.5. The molecular formula is C21H29N5O2. The molecule has 0 aromatic carbocycles. The van der Waals surface area contributed by atoms with E-state index in [4.69, 9.17) is 4.74 Å². The highest BCUT2D eigenvalue weighted by Gasteiger charge is 2.34. The summed E-state index contributed by atoms with van der Waals surface area (Å²) in [6.07, 6.45) is 5.72. The van der Waals surface area contributed by atoms with Crippen LogP contribution < -0.4 is 10.9 Å². The predicted octanol–water partition coefficient (Wildman–Crippen LogP) is 1.71. The molecule has 0 amide bonds. The molecule has 1 N–H and O–H groups in total. The van der Waals surface area contributed by atoms with Crippen molar-refractivity contribution in [3.8, 4) is 11.3 Å². The quantitative estimate of drug-likeness (QED) is 0.847. The van der Waals surface area contributed by atoms with Crippen LogP contribution >= 0.6 is 0 Å². The van der Waals surface area contributed by atoms with Crippen LogP contribution in [0, 0.1) is 0 Å². The van der Waals surface area contributed by atoms with Gasteiger partial charge >= 0.3 is 0 Å². The molecule has 2 atom stereocenters. The molecular weight excluding hydrogens is 354 g/mol. The van der Waals surface area contributed by atoms with E-state index in [0.29, 0.717) is 25.3 Å². The van der Waals surface area contributed by atoms with E-state index in [1.807, 2.05) is 12.1 Å². The van der Waals surface area contributed by atoms with Crippen molar-refractivity contribution in [3.05, 3.63) is 47.0 Å². The van der Waals surface area contributed by atoms with Gasteiger partial charge in [0.05, 0.1) is 31.0 Å². The molecule has 0 saturated carbocycles. The maximum Gasteiger partial charge on any atom is 0.267 e. The minimum absolute atomic E-state index is 0.0857. The van der Waals surface area contributed by atoms with Crippen LogP contribution in [0.5, 0.6) is 0 Å². The first-order chi connectivity index (χ1) is 13.6. The van der Waals surface area contributed by atoms with Gasteiger partial charge in [-0.25, -0.2) is 4.68 Å². The second kappa shape index (κ2) is 8.51. The molecule has 2 fully saturated rings. The van der Waals surface area contributed by atoms with Gasteiger partial charge in [-0.2, -0.15) is 5.10 Å². The van der Waals surface area contributed by atoms with E-state index in [1.165, 1.54) is 0 Å². The number of hydrogen-bond donors (Lipinski definition) is 1. The topological polar surface area (TPSA) is 72.3 Å². The average molecular weight is 383 g/mol. The number of aromatic nitrogens is 3. The molecule has 2 unspecified atom stereocenters. The normalized spacial score (nSPS) is 24.1. The molecule has 0 spiro atoms. The lowest BCUT2D eigenvalue weighted by Crippen LogP contribution is -2.50. The van der Waals surface area contributed by atoms with Gasteiger partial charge in [0.1, 0.15) is 0 Å². The van der Waals surface area contributed by atoms with Crippen LogP contribution in [0.15, 0.2) is 41.5 Å². The first-order valence-corrected chi connectivity index (χ1v) is 10.2. The molecule has 2 aromatic rings. The molecule has 150 valence electrons. The monoisotopic (exact) mass is 383 g/mol. The second-order valence-corrected chi connectivity index (χ2v) is 8.02. The number of pyridine rings is 1. The van der Waals surface area contributed by atoms with Crippen LogP contribution in [-0.4, -0.2) is 64.1 Å². The fourth-order valence-corrected chi connectivity index (χ4v) is 4.17. The number of nitrogens with zero attached hydrogens (tertiary/aromatic N) is 4. The Bertz CT molecular complexity index is 830. The molecule has 4 rings (SSSR count). The fourth-order valence-electron chi connectivity index (χ4n) is 4.17. The smallest absolute Gasteiger partial charge is 0.267 e. The number of nitrogens with one attached hydrogen (secondary N) is 1. The Morgan fingerprint density at radius 1 is 1.11 bits per heavy atom. The van der Waals surface area contributed by atoms with Crippen molar-refractivity contribution in [2.75, 3.05) is 26.3 Å². The summed E-state index contributed by atoms with van der Waals surface area (Å²) in [4.78, 5) is 19.1. The van der Waals surface area contributed by atoms with E-state index in [1.54, 1.807) is 29.2 Å². The minimum atomic E-state index is -0.0882. The molecule has 0 bridgehead atoms. The maximum absolute atomic E-state index is 12.5. The largest absolute Gasteiger partial charge is 0.377 e. The summed E-state index contributed by atoms with van der Waals surface area (Å²) in [6.45, 7) is 7.86. The third-order valence-electron chi connectivity index (χ3n) is 5.88. The Balaban J connectivity index is 1.49. The van der Waals surface area contributed by atoms with Gasteiger partial charge in [-0.3, -0.25) is 9.78 Å². The zero-order valence-electron chi connectivity index (χ0n) is 16.6. The van der Waals surface area contributed by atoms with Crippen LogP contribution in [0.4, 0.5) is 0 Å². The highest BCUT2D eigenvalue weighted by atomic mass is 16.5. The summed E-state index contributed by atoms with van der Waals surface area (Å²) < 4.78 is 7.34. The molecule has 4 heterocycles. The van der Waals surface area contributed by atoms with Crippen molar-refractivity contribution < 1.29 is 4.74 Å². The van der Waals surface area contributed by atoms with Gasteiger partial charge in [0.15, 0.2) is 0 Å². The van der Waals surface area contributed by atoms with Gasteiger partial charge in [-0.05, 0) is 58.0 Å². The van der Waals surface area contributed by atoms with Gasteiger partial charge in [0.2, 0.25) is 0 Å². The van der Waals surface area contributed by atoms with Gasteiger partial charge in [-0.1, -0.05) is 0 Å². The van der Waals surface area contributed by atoms with Crippen molar-refractivity contribution in [2.24, 2.45) is 0 Å². The first-order valence-electron chi connectivity index (χ1n) is 10.2. The van der Waals surface area contributed by atoms with Crippen molar-refractivity contribution in [3.63, 3.8) is 0 Å². The van der Waals surface area contributed by atoms with Crippen LogP contribution in [-0.2, 0) is 4.74 Å².